The topological polar surface area (TPSA) is 13.1 Å². The summed E-state index contributed by atoms with van der Waals surface area (Å²) < 4.78 is 64.3. The van der Waals surface area contributed by atoms with Crippen molar-refractivity contribution in [1.29, 1.82) is 0 Å². The molecular weight excluding hydrogens is 641 g/mol. The summed E-state index contributed by atoms with van der Waals surface area (Å²) in [5, 5.41) is 7.21. The number of hydrogen-bond donors (Lipinski definition) is 0. The van der Waals surface area contributed by atoms with Crippen LogP contribution in [0, 0.1) is 0 Å². The predicted octanol–water partition coefficient (Wildman–Crippen LogP) is 14.9. The Kier molecular flexibility index (Phi) is 5.40. The van der Waals surface area contributed by atoms with Crippen LogP contribution in [0.1, 0.15) is 8.22 Å². The molecule has 1 nitrogen and oxygen atoms in total. The summed E-state index contributed by atoms with van der Waals surface area (Å²) in [6.45, 7) is 0. The molecule has 1 heteroatoms. The zero-order valence-electron chi connectivity index (χ0n) is 34.4. The van der Waals surface area contributed by atoms with E-state index in [-0.39, 0.29) is 58.2 Å². The molecule has 0 aliphatic heterocycles. The SMILES string of the molecule is [2H]c1c(-c2cccc3oc4cccc(-c5cccc6ccccc56)c4c23)c([2H])c2c([2H])c([2H])c(-c3c4ccccc4c(-c4ccccc4)c4ccccc34)c([2H])c2c1[2H]. The maximum Gasteiger partial charge on any atom is 0.136 e. The van der Waals surface area contributed by atoms with E-state index >= 15 is 0 Å². The molecule has 0 atom stereocenters. The van der Waals surface area contributed by atoms with Crippen molar-refractivity contribution in [2.45, 2.75) is 0 Å². The lowest BCUT2D eigenvalue weighted by molar-refractivity contribution is 0.669. The van der Waals surface area contributed by atoms with Gasteiger partial charge in [-0.3, -0.25) is 0 Å². The highest BCUT2D eigenvalue weighted by molar-refractivity contribution is 6.22. The zero-order valence-corrected chi connectivity index (χ0v) is 28.4. The molecule has 0 amide bonds. The van der Waals surface area contributed by atoms with Crippen LogP contribution < -0.4 is 0 Å². The average Bonchev–Trinajstić information content (AvgIpc) is 3.66. The van der Waals surface area contributed by atoms with Crippen molar-refractivity contribution >= 4 is 65.0 Å². The standard InChI is InChI=1S/C52H32O/c1-2-14-34(15-3-1)49-43-18-6-8-20-45(43)50(46-21-9-7-19-44(46)49)38-30-28-35-31-37(29-27-36(35)32-38)40-22-11-25-47-51(40)52-42(24-12-26-48(52)53-47)41-23-10-16-33-13-4-5-17-39(33)41/h1-32H/i27D,28D,29D,30D,31D,32D. The van der Waals surface area contributed by atoms with Crippen LogP contribution in [0.3, 0.4) is 0 Å². The summed E-state index contributed by atoms with van der Waals surface area (Å²) in [6.07, 6.45) is 0. The van der Waals surface area contributed by atoms with Crippen LogP contribution in [-0.2, 0) is 0 Å². The van der Waals surface area contributed by atoms with Gasteiger partial charge in [0.25, 0.3) is 0 Å². The number of fused-ring (bicyclic) bond motifs is 7. The normalized spacial score (nSPS) is 13.4. The van der Waals surface area contributed by atoms with Crippen LogP contribution in [0.15, 0.2) is 198 Å². The van der Waals surface area contributed by atoms with Gasteiger partial charge in [0.2, 0.25) is 0 Å². The summed E-state index contributed by atoms with van der Waals surface area (Å²) >= 11 is 0. The molecular formula is C52H32O. The van der Waals surface area contributed by atoms with Crippen molar-refractivity contribution in [2.24, 2.45) is 0 Å². The molecule has 0 fully saturated rings. The minimum absolute atomic E-state index is 0.00773. The van der Waals surface area contributed by atoms with Crippen LogP contribution in [0.25, 0.3) is 110 Å². The first-order valence-electron chi connectivity index (χ1n) is 20.8. The van der Waals surface area contributed by atoms with Crippen molar-refractivity contribution in [3.8, 4) is 44.5 Å². The first-order valence-corrected chi connectivity index (χ1v) is 17.8. The third-order valence-corrected chi connectivity index (χ3v) is 10.5. The Hall–Kier alpha value is -6.96. The fraction of sp³-hybridized carbons (Fsp3) is 0. The van der Waals surface area contributed by atoms with Gasteiger partial charge < -0.3 is 4.42 Å². The Morgan fingerprint density at radius 2 is 0.792 bits per heavy atom. The molecule has 11 aromatic rings. The first-order chi connectivity index (χ1) is 28.8. The minimum Gasteiger partial charge on any atom is -0.456 e. The van der Waals surface area contributed by atoms with Gasteiger partial charge in [-0.15, -0.1) is 0 Å². The van der Waals surface area contributed by atoms with Crippen molar-refractivity contribution < 1.29 is 12.6 Å². The van der Waals surface area contributed by atoms with Gasteiger partial charge in [-0.2, -0.15) is 0 Å². The lowest BCUT2D eigenvalue weighted by Crippen LogP contribution is -1.91. The third-order valence-electron chi connectivity index (χ3n) is 10.5. The number of furan rings is 1. The van der Waals surface area contributed by atoms with Gasteiger partial charge in [0.15, 0.2) is 0 Å². The fourth-order valence-electron chi connectivity index (χ4n) is 8.21. The van der Waals surface area contributed by atoms with Crippen molar-refractivity contribution in [1.82, 2.24) is 0 Å². The van der Waals surface area contributed by atoms with Crippen molar-refractivity contribution in [2.75, 3.05) is 0 Å². The van der Waals surface area contributed by atoms with Gasteiger partial charge in [-0.1, -0.05) is 170 Å². The van der Waals surface area contributed by atoms with Gasteiger partial charge in [0.05, 0.1) is 8.22 Å². The van der Waals surface area contributed by atoms with E-state index in [9.17, 15) is 8.22 Å². The highest BCUT2D eigenvalue weighted by Gasteiger charge is 2.19. The number of hydrogen-bond acceptors (Lipinski definition) is 1. The van der Waals surface area contributed by atoms with Gasteiger partial charge >= 0.3 is 0 Å². The lowest BCUT2D eigenvalue weighted by atomic mass is 9.85. The molecule has 0 N–H and O–H groups in total. The molecule has 246 valence electrons. The highest BCUT2D eigenvalue weighted by Crippen LogP contribution is 2.46. The summed E-state index contributed by atoms with van der Waals surface area (Å²) in [5.41, 5.74) is 6.73. The molecule has 1 heterocycles. The van der Waals surface area contributed by atoms with E-state index in [4.69, 9.17) is 4.42 Å². The molecule has 53 heavy (non-hydrogen) atoms. The van der Waals surface area contributed by atoms with E-state index in [1.807, 2.05) is 115 Å². The van der Waals surface area contributed by atoms with Gasteiger partial charge in [-0.25, -0.2) is 0 Å². The lowest BCUT2D eigenvalue weighted by Gasteiger charge is -2.18. The van der Waals surface area contributed by atoms with E-state index in [1.54, 1.807) is 0 Å². The molecule has 0 saturated carbocycles. The largest absolute Gasteiger partial charge is 0.456 e. The summed E-state index contributed by atoms with van der Waals surface area (Å²) in [7, 11) is 0. The molecule has 0 unspecified atom stereocenters. The second-order valence-corrected chi connectivity index (χ2v) is 13.4. The maximum atomic E-state index is 9.79. The second-order valence-electron chi connectivity index (χ2n) is 13.4. The fourth-order valence-corrected chi connectivity index (χ4v) is 8.21. The van der Waals surface area contributed by atoms with E-state index in [0.717, 1.165) is 60.0 Å². The van der Waals surface area contributed by atoms with Crippen molar-refractivity contribution in [3.05, 3.63) is 194 Å². The maximum absolute atomic E-state index is 9.79. The minimum atomic E-state index is -0.264. The smallest absolute Gasteiger partial charge is 0.136 e. The van der Waals surface area contributed by atoms with Gasteiger partial charge in [-0.05, 0) is 112 Å². The molecule has 0 spiro atoms. The van der Waals surface area contributed by atoms with E-state index in [0.29, 0.717) is 27.7 Å². The van der Waals surface area contributed by atoms with Crippen LogP contribution in [0.2, 0.25) is 0 Å². The third kappa shape index (κ3) is 4.64. The molecule has 10 aromatic carbocycles. The summed E-state index contributed by atoms with van der Waals surface area (Å²) in [5.74, 6) is 0. The monoisotopic (exact) mass is 678 g/mol. The Morgan fingerprint density at radius 1 is 0.321 bits per heavy atom. The number of benzene rings is 10. The first kappa shape index (κ1) is 24.3. The predicted molar refractivity (Wildman–Crippen MR) is 225 cm³/mol. The van der Waals surface area contributed by atoms with Crippen LogP contribution in [-0.4, -0.2) is 0 Å². The molecule has 0 aliphatic rings. The summed E-state index contributed by atoms with van der Waals surface area (Å²) in [6, 6.07) is 50.6. The Morgan fingerprint density at radius 3 is 1.47 bits per heavy atom. The number of rotatable bonds is 4. The average molecular weight is 679 g/mol. The Labute approximate surface area is 315 Å². The van der Waals surface area contributed by atoms with E-state index in [2.05, 4.69) is 42.5 Å². The van der Waals surface area contributed by atoms with E-state index < -0.39 is 0 Å². The molecule has 0 bridgehead atoms. The molecule has 0 radical (unpaired) electrons. The zero-order chi connectivity index (χ0) is 40.1. The Bertz CT molecular complexity index is 3510. The molecule has 0 aliphatic carbocycles. The molecule has 1 aromatic heterocycles. The molecule has 0 saturated heterocycles. The van der Waals surface area contributed by atoms with Crippen LogP contribution >= 0.6 is 0 Å². The molecule has 11 rings (SSSR count). The quantitative estimate of drug-likeness (QED) is 0.169. The van der Waals surface area contributed by atoms with Crippen LogP contribution in [0.5, 0.6) is 0 Å². The highest BCUT2D eigenvalue weighted by atomic mass is 16.3. The van der Waals surface area contributed by atoms with Crippen LogP contribution in [0.4, 0.5) is 0 Å². The van der Waals surface area contributed by atoms with Gasteiger partial charge in [0, 0.05) is 10.8 Å². The van der Waals surface area contributed by atoms with E-state index in [1.165, 1.54) is 0 Å². The van der Waals surface area contributed by atoms with Crippen molar-refractivity contribution in [3.63, 3.8) is 0 Å². The second kappa shape index (κ2) is 11.8. The summed E-state index contributed by atoms with van der Waals surface area (Å²) in [4.78, 5) is 0. The Balaban J connectivity index is 1.21. The van der Waals surface area contributed by atoms with Gasteiger partial charge in [0.1, 0.15) is 11.2 Å².